The smallest absolute Gasteiger partial charge is 0.296 e. The number of aromatic nitrogens is 5. The molecule has 0 spiro atoms. The van der Waals surface area contributed by atoms with Gasteiger partial charge in [-0.15, -0.1) is 0 Å². The Hall–Kier alpha value is -2.40. The van der Waals surface area contributed by atoms with Gasteiger partial charge in [0.1, 0.15) is 29.9 Å². The number of aryl methyl sites for hydroxylation is 1. The number of H-pyrrole nitrogens is 1. The van der Waals surface area contributed by atoms with Crippen LogP contribution in [0.4, 0.5) is 0 Å². The van der Waals surface area contributed by atoms with Gasteiger partial charge in [0, 0.05) is 18.8 Å². The molecule has 1 unspecified atom stereocenters. The highest BCUT2D eigenvalue weighted by Crippen LogP contribution is 2.31. The van der Waals surface area contributed by atoms with Crippen molar-refractivity contribution in [3.63, 3.8) is 0 Å². The van der Waals surface area contributed by atoms with Crippen molar-refractivity contribution in [2.24, 2.45) is 7.05 Å². The van der Waals surface area contributed by atoms with Crippen molar-refractivity contribution < 1.29 is 24.1 Å². The SMILES string of the molecule is Cn1cc(COc2nc3nc(O[C@@H]4CO[C@H]5C4OC[C@H]5O)[nH]c3cc2Cl)cn1. The van der Waals surface area contributed by atoms with Crippen LogP contribution in [-0.4, -0.2) is 67.5 Å². The number of aliphatic hydroxyl groups excluding tert-OH is 1. The number of pyridine rings is 1. The molecule has 0 bridgehead atoms. The zero-order valence-corrected chi connectivity index (χ0v) is 15.7. The summed E-state index contributed by atoms with van der Waals surface area (Å²) in [7, 11) is 1.83. The Balaban J connectivity index is 1.32. The topological polar surface area (TPSA) is 117 Å². The van der Waals surface area contributed by atoms with Crippen LogP contribution in [0, 0.1) is 0 Å². The maximum absolute atomic E-state index is 9.82. The molecule has 0 aromatic carbocycles. The summed E-state index contributed by atoms with van der Waals surface area (Å²) in [4.78, 5) is 11.8. The molecule has 10 nitrogen and oxygen atoms in total. The summed E-state index contributed by atoms with van der Waals surface area (Å²) in [5.74, 6) is 0.280. The minimum atomic E-state index is -0.630. The molecule has 4 atom stereocenters. The van der Waals surface area contributed by atoms with E-state index in [0.717, 1.165) is 5.56 Å². The standard InChI is InChI=1S/C17H18ClN5O5/c1-23-4-8(3-19-23)5-27-16-9(18)2-10-15(21-16)22-17(20-10)28-12-7-26-13-11(24)6-25-14(12)13/h2-4,11-14,24H,5-7H2,1H3,(H,20,21,22)/t11-,12-,13-,14?/m1/s1. The zero-order chi connectivity index (χ0) is 19.3. The van der Waals surface area contributed by atoms with E-state index in [2.05, 4.69) is 20.1 Å². The van der Waals surface area contributed by atoms with Crippen LogP contribution in [-0.2, 0) is 23.1 Å². The number of aliphatic hydroxyl groups is 1. The van der Waals surface area contributed by atoms with Crippen molar-refractivity contribution in [1.82, 2.24) is 24.7 Å². The van der Waals surface area contributed by atoms with Gasteiger partial charge in [0.15, 0.2) is 11.8 Å². The minimum Gasteiger partial charge on any atom is -0.472 e. The van der Waals surface area contributed by atoms with E-state index >= 15 is 0 Å². The number of nitrogens with zero attached hydrogens (tertiary/aromatic N) is 4. The number of imidazole rings is 1. The van der Waals surface area contributed by atoms with Gasteiger partial charge in [0.05, 0.1) is 24.9 Å². The zero-order valence-electron chi connectivity index (χ0n) is 14.9. The molecule has 2 aliphatic heterocycles. The Morgan fingerprint density at radius 1 is 1.32 bits per heavy atom. The molecule has 28 heavy (non-hydrogen) atoms. The van der Waals surface area contributed by atoms with Crippen LogP contribution in [0.15, 0.2) is 18.5 Å². The summed E-state index contributed by atoms with van der Waals surface area (Å²) in [6.07, 6.45) is 1.89. The van der Waals surface area contributed by atoms with Gasteiger partial charge in [-0.3, -0.25) is 4.68 Å². The fourth-order valence-electron chi connectivity index (χ4n) is 3.42. The molecule has 0 saturated carbocycles. The molecule has 2 saturated heterocycles. The van der Waals surface area contributed by atoms with Gasteiger partial charge in [-0.1, -0.05) is 11.6 Å². The molecule has 3 aromatic rings. The third-order valence-electron chi connectivity index (χ3n) is 4.75. The lowest BCUT2D eigenvalue weighted by molar-refractivity contribution is 0.00706. The lowest BCUT2D eigenvalue weighted by atomic mass is 10.1. The summed E-state index contributed by atoms with van der Waals surface area (Å²) < 4.78 is 24.4. The van der Waals surface area contributed by atoms with Crippen molar-refractivity contribution in [3.05, 3.63) is 29.0 Å². The first kappa shape index (κ1) is 17.7. The Morgan fingerprint density at radius 2 is 2.18 bits per heavy atom. The molecule has 2 N–H and O–H groups in total. The lowest BCUT2D eigenvalue weighted by Gasteiger charge is -2.15. The van der Waals surface area contributed by atoms with E-state index in [4.69, 9.17) is 30.5 Å². The van der Waals surface area contributed by atoms with Crippen molar-refractivity contribution >= 4 is 22.8 Å². The largest absolute Gasteiger partial charge is 0.472 e. The maximum Gasteiger partial charge on any atom is 0.296 e. The monoisotopic (exact) mass is 407 g/mol. The molecular formula is C17H18ClN5O5. The Morgan fingerprint density at radius 3 is 3.00 bits per heavy atom. The van der Waals surface area contributed by atoms with Gasteiger partial charge in [-0.05, 0) is 6.07 Å². The van der Waals surface area contributed by atoms with Gasteiger partial charge in [-0.2, -0.15) is 15.1 Å². The normalized spacial score (nSPS) is 26.7. The van der Waals surface area contributed by atoms with E-state index in [0.29, 0.717) is 29.4 Å². The Bertz CT molecular complexity index is 1010. The Labute approximate surface area is 164 Å². The summed E-state index contributed by atoms with van der Waals surface area (Å²) >= 11 is 6.28. The molecule has 0 amide bonds. The first-order valence-electron chi connectivity index (χ1n) is 8.81. The van der Waals surface area contributed by atoms with E-state index in [1.54, 1.807) is 16.9 Å². The van der Waals surface area contributed by atoms with Crippen LogP contribution in [0.1, 0.15) is 5.56 Å². The number of ether oxygens (including phenoxy) is 4. The summed E-state index contributed by atoms with van der Waals surface area (Å²) in [6, 6.07) is 1.97. The summed E-state index contributed by atoms with van der Waals surface area (Å²) in [5, 5.41) is 14.3. The third kappa shape index (κ3) is 3.18. The van der Waals surface area contributed by atoms with Gasteiger partial charge in [0.25, 0.3) is 6.01 Å². The molecule has 148 valence electrons. The molecule has 2 fully saturated rings. The molecule has 2 aliphatic rings. The highest BCUT2D eigenvalue weighted by molar-refractivity contribution is 6.32. The van der Waals surface area contributed by atoms with Crippen molar-refractivity contribution in [2.75, 3.05) is 13.2 Å². The van der Waals surface area contributed by atoms with Crippen LogP contribution in [0.25, 0.3) is 11.2 Å². The average molecular weight is 408 g/mol. The van der Waals surface area contributed by atoms with Crippen LogP contribution >= 0.6 is 11.6 Å². The number of rotatable bonds is 5. The number of nitrogens with one attached hydrogen (secondary N) is 1. The second-order valence-corrected chi connectivity index (χ2v) is 7.23. The van der Waals surface area contributed by atoms with Crippen molar-refractivity contribution in [3.8, 4) is 11.9 Å². The fourth-order valence-corrected chi connectivity index (χ4v) is 3.63. The number of hydrogen-bond donors (Lipinski definition) is 2. The van der Waals surface area contributed by atoms with Crippen LogP contribution in [0.5, 0.6) is 11.9 Å². The van der Waals surface area contributed by atoms with Gasteiger partial charge < -0.3 is 29.0 Å². The van der Waals surface area contributed by atoms with E-state index < -0.39 is 6.10 Å². The third-order valence-corrected chi connectivity index (χ3v) is 5.02. The number of aromatic amines is 1. The molecule has 5 rings (SSSR count). The fraction of sp³-hybridized carbons (Fsp3) is 0.471. The Kier molecular flexibility index (Phi) is 4.35. The second kappa shape index (κ2) is 6.89. The minimum absolute atomic E-state index is 0.240. The van der Waals surface area contributed by atoms with E-state index in [1.807, 2.05) is 13.2 Å². The first-order chi connectivity index (χ1) is 13.6. The maximum atomic E-state index is 9.82. The van der Waals surface area contributed by atoms with E-state index in [1.165, 1.54) is 0 Å². The molecule has 11 heteroatoms. The first-order valence-corrected chi connectivity index (χ1v) is 9.19. The van der Waals surface area contributed by atoms with E-state index in [-0.39, 0.29) is 36.8 Å². The molecule has 3 aromatic heterocycles. The van der Waals surface area contributed by atoms with Crippen molar-refractivity contribution in [1.29, 1.82) is 0 Å². The highest BCUT2D eigenvalue weighted by atomic mass is 35.5. The lowest BCUT2D eigenvalue weighted by Crippen LogP contribution is -2.34. The summed E-state index contributed by atoms with van der Waals surface area (Å²) in [5.41, 5.74) is 1.95. The van der Waals surface area contributed by atoms with Crippen LogP contribution < -0.4 is 9.47 Å². The average Bonchev–Trinajstić information content (AvgIpc) is 3.41. The quantitative estimate of drug-likeness (QED) is 0.638. The summed E-state index contributed by atoms with van der Waals surface area (Å²) in [6.45, 7) is 0.850. The number of fused-ring (bicyclic) bond motifs is 2. The highest BCUT2D eigenvalue weighted by Gasteiger charge is 2.48. The molecule has 0 aliphatic carbocycles. The molecular weight excluding hydrogens is 390 g/mol. The van der Waals surface area contributed by atoms with Crippen LogP contribution in [0.2, 0.25) is 5.02 Å². The molecule has 0 radical (unpaired) electrons. The number of hydrogen-bond acceptors (Lipinski definition) is 8. The van der Waals surface area contributed by atoms with Gasteiger partial charge >= 0.3 is 0 Å². The predicted octanol–water partition coefficient (Wildman–Crippen LogP) is 0.830. The predicted molar refractivity (Wildman–Crippen MR) is 96.3 cm³/mol. The van der Waals surface area contributed by atoms with E-state index in [9.17, 15) is 5.11 Å². The molecule has 5 heterocycles. The van der Waals surface area contributed by atoms with Gasteiger partial charge in [0.2, 0.25) is 5.88 Å². The van der Waals surface area contributed by atoms with Crippen molar-refractivity contribution in [2.45, 2.75) is 31.0 Å². The number of halogens is 1. The van der Waals surface area contributed by atoms with Gasteiger partial charge in [-0.25, -0.2) is 0 Å². The van der Waals surface area contributed by atoms with Crippen LogP contribution in [0.3, 0.4) is 0 Å². The second-order valence-electron chi connectivity index (χ2n) is 6.82.